The molecule has 0 amide bonds. The van der Waals surface area contributed by atoms with Crippen molar-refractivity contribution < 1.29 is 36.7 Å². The first kappa shape index (κ1) is 47.0. The summed E-state index contributed by atoms with van der Waals surface area (Å²) in [5, 5.41) is 1.06. The molecule has 0 radical (unpaired) electrons. The van der Waals surface area contributed by atoms with E-state index in [0.29, 0.717) is 45.2 Å². The predicted octanol–water partition coefficient (Wildman–Crippen LogP) is 13.5. The SMILES string of the molecule is COc1ccc(/C=C/C2=NC(=C(/c3c(F)c(F)cc(F)c3F)c3c(C)c(-c4c(C)cc(C)cc4C)c(/C=C/c4ccc(OC)cc4)n3N(OC)OC)/C(C)=C2c2c(C)cc(C)cc2C)cc1. The van der Waals surface area contributed by atoms with Crippen LogP contribution in [0, 0.1) is 71.7 Å². The molecule has 1 aliphatic heterocycles. The largest absolute Gasteiger partial charge is 0.497 e. The highest BCUT2D eigenvalue weighted by molar-refractivity contribution is 6.34. The predicted molar refractivity (Wildman–Crippen MR) is 258 cm³/mol. The molecule has 6 aromatic rings. The molecule has 0 N–H and O–H groups in total. The van der Waals surface area contributed by atoms with Gasteiger partial charge in [0.1, 0.15) is 11.5 Å². The summed E-state index contributed by atoms with van der Waals surface area (Å²) < 4.78 is 77.7. The topological polar surface area (TPSA) is 57.5 Å². The van der Waals surface area contributed by atoms with Crippen LogP contribution in [0.5, 0.6) is 11.5 Å². The highest BCUT2D eigenvalue weighted by Crippen LogP contribution is 2.48. The third kappa shape index (κ3) is 8.76. The third-order valence-electron chi connectivity index (χ3n) is 11.9. The van der Waals surface area contributed by atoms with E-state index < -0.39 is 28.8 Å². The Bertz CT molecular complexity index is 2950. The summed E-state index contributed by atoms with van der Waals surface area (Å²) in [5.41, 5.74) is 11.3. The molecule has 0 bridgehead atoms. The molecule has 2 heterocycles. The number of aliphatic imine (C=N–C) groups is 1. The van der Waals surface area contributed by atoms with Crippen molar-refractivity contribution >= 4 is 35.1 Å². The Morgan fingerprint density at radius 2 is 1.02 bits per heavy atom. The summed E-state index contributed by atoms with van der Waals surface area (Å²) in [7, 11) is 5.93. The van der Waals surface area contributed by atoms with E-state index in [9.17, 15) is 0 Å². The molecular weight excluding hydrogens is 843 g/mol. The van der Waals surface area contributed by atoms with Crippen LogP contribution in [0.4, 0.5) is 17.6 Å². The van der Waals surface area contributed by atoms with Gasteiger partial charge in [-0.05, 0) is 153 Å². The van der Waals surface area contributed by atoms with Gasteiger partial charge in [-0.3, -0.25) is 0 Å². The van der Waals surface area contributed by atoms with E-state index >= 15 is 17.6 Å². The maximum absolute atomic E-state index is 16.9. The summed E-state index contributed by atoms with van der Waals surface area (Å²) >= 11 is 0. The minimum atomic E-state index is -1.60. The van der Waals surface area contributed by atoms with Gasteiger partial charge in [-0.25, -0.2) is 36.9 Å². The molecule has 11 heteroatoms. The van der Waals surface area contributed by atoms with E-state index in [2.05, 4.69) is 24.3 Å². The molecule has 0 unspecified atom stereocenters. The molecular formula is C55H53F4N3O4. The summed E-state index contributed by atoms with van der Waals surface area (Å²) in [5.74, 6) is -5.00. The molecule has 5 aromatic carbocycles. The average Bonchev–Trinajstić information content (AvgIpc) is 3.74. The van der Waals surface area contributed by atoms with Crippen molar-refractivity contribution in [2.24, 2.45) is 4.99 Å². The number of aromatic nitrogens is 1. The molecule has 0 spiro atoms. The average molecular weight is 896 g/mol. The third-order valence-corrected chi connectivity index (χ3v) is 11.9. The summed E-state index contributed by atoms with van der Waals surface area (Å²) in [4.78, 5) is 17.0. The van der Waals surface area contributed by atoms with Crippen LogP contribution in [0.3, 0.4) is 0 Å². The lowest BCUT2D eigenvalue weighted by Gasteiger charge is -2.25. The van der Waals surface area contributed by atoms with Crippen LogP contribution in [-0.4, -0.2) is 38.8 Å². The van der Waals surface area contributed by atoms with Gasteiger partial charge in [0.2, 0.25) is 0 Å². The zero-order valence-corrected chi connectivity index (χ0v) is 39.3. The van der Waals surface area contributed by atoms with Gasteiger partial charge in [-0.1, -0.05) is 71.8 Å². The monoisotopic (exact) mass is 895 g/mol. The number of allylic oxidation sites excluding steroid dienone is 3. The maximum atomic E-state index is 16.9. The zero-order valence-electron chi connectivity index (χ0n) is 39.3. The van der Waals surface area contributed by atoms with Gasteiger partial charge in [0, 0.05) is 22.8 Å². The van der Waals surface area contributed by atoms with Gasteiger partial charge in [0.05, 0.1) is 56.8 Å². The number of hydrogen-bond acceptors (Lipinski definition) is 6. The lowest BCUT2D eigenvalue weighted by Crippen LogP contribution is -2.35. The van der Waals surface area contributed by atoms with Crippen LogP contribution in [0.15, 0.2) is 101 Å². The number of methoxy groups -OCH3 is 2. The van der Waals surface area contributed by atoms with Crippen LogP contribution in [0.25, 0.3) is 40.5 Å². The van der Waals surface area contributed by atoms with Crippen LogP contribution < -0.4 is 14.8 Å². The van der Waals surface area contributed by atoms with Crippen molar-refractivity contribution in [2.75, 3.05) is 33.8 Å². The van der Waals surface area contributed by atoms with Gasteiger partial charge in [0.15, 0.2) is 23.3 Å². The molecule has 1 aromatic heterocycles. The van der Waals surface area contributed by atoms with Gasteiger partial charge in [-0.15, -0.1) is 0 Å². The van der Waals surface area contributed by atoms with Crippen molar-refractivity contribution in [3.8, 4) is 22.6 Å². The number of hydrogen-bond donors (Lipinski definition) is 0. The Balaban J connectivity index is 1.70. The van der Waals surface area contributed by atoms with Crippen molar-refractivity contribution in [1.82, 2.24) is 4.68 Å². The quantitative estimate of drug-likeness (QED) is 0.0657. The normalized spacial score (nSPS) is 13.7. The second kappa shape index (κ2) is 19.3. The van der Waals surface area contributed by atoms with Gasteiger partial charge >= 0.3 is 0 Å². The lowest BCUT2D eigenvalue weighted by atomic mass is 9.86. The molecule has 7 rings (SSSR count). The first-order chi connectivity index (χ1) is 31.5. The van der Waals surface area contributed by atoms with Crippen molar-refractivity contribution in [3.63, 3.8) is 0 Å². The number of halogens is 4. The van der Waals surface area contributed by atoms with Crippen molar-refractivity contribution in [1.29, 1.82) is 0 Å². The summed E-state index contributed by atoms with van der Waals surface area (Å²) in [6, 6.07) is 23.3. The van der Waals surface area contributed by atoms with E-state index in [1.807, 2.05) is 114 Å². The van der Waals surface area contributed by atoms with E-state index in [1.165, 1.54) is 18.9 Å². The Kier molecular flexibility index (Phi) is 13.7. The smallest absolute Gasteiger partial charge is 0.169 e. The van der Waals surface area contributed by atoms with E-state index in [4.69, 9.17) is 24.1 Å². The van der Waals surface area contributed by atoms with E-state index in [0.717, 1.165) is 61.0 Å². The van der Waals surface area contributed by atoms with Crippen LogP contribution >= 0.6 is 0 Å². The number of benzene rings is 5. The highest BCUT2D eigenvalue weighted by atomic mass is 19.2. The fourth-order valence-corrected chi connectivity index (χ4v) is 9.19. The molecule has 0 atom stereocenters. The Labute approximate surface area is 384 Å². The molecule has 340 valence electrons. The number of rotatable bonds is 13. The number of ether oxygens (including phenoxy) is 2. The van der Waals surface area contributed by atoms with Crippen molar-refractivity contribution in [2.45, 2.75) is 55.4 Å². The molecule has 1 aliphatic rings. The van der Waals surface area contributed by atoms with Crippen LogP contribution in [0.2, 0.25) is 0 Å². The van der Waals surface area contributed by atoms with Crippen LogP contribution in [0.1, 0.15) is 79.5 Å². The van der Waals surface area contributed by atoms with Gasteiger partial charge < -0.3 is 9.47 Å². The molecule has 7 nitrogen and oxygen atoms in total. The number of nitrogens with zero attached hydrogens (tertiary/aromatic N) is 3. The van der Waals surface area contributed by atoms with Crippen molar-refractivity contribution in [3.05, 3.63) is 192 Å². The van der Waals surface area contributed by atoms with E-state index in [1.54, 1.807) is 28.1 Å². The van der Waals surface area contributed by atoms with Crippen LogP contribution in [-0.2, 0) is 9.68 Å². The molecule has 0 saturated carbocycles. The number of aryl methyl sites for hydroxylation is 6. The van der Waals surface area contributed by atoms with Gasteiger partial charge in [0.25, 0.3) is 0 Å². The highest BCUT2D eigenvalue weighted by Gasteiger charge is 2.37. The first-order valence-electron chi connectivity index (χ1n) is 21.4. The zero-order chi connectivity index (χ0) is 47.7. The summed E-state index contributed by atoms with van der Waals surface area (Å²) in [6.45, 7) is 15.6. The summed E-state index contributed by atoms with van der Waals surface area (Å²) in [6.07, 6.45) is 7.42. The molecule has 0 aliphatic carbocycles. The first-order valence-corrected chi connectivity index (χ1v) is 21.4. The Hall–Kier alpha value is -6.95. The Morgan fingerprint density at radius 1 is 0.561 bits per heavy atom. The maximum Gasteiger partial charge on any atom is 0.169 e. The lowest BCUT2D eigenvalue weighted by molar-refractivity contribution is -0.101. The Morgan fingerprint density at radius 3 is 1.47 bits per heavy atom. The molecule has 0 fully saturated rings. The fraction of sp³-hybridized carbons (Fsp3) is 0.218. The molecule has 0 saturated heterocycles. The van der Waals surface area contributed by atoms with Gasteiger partial charge in [-0.2, -0.15) is 0 Å². The standard InChI is InChI=1S/C55H53F4N3O4/c1-30-25-32(3)46(33(4)26-30)48-36(7)54(60-44(48)23-17-38-13-19-40(63-9)20-14-38)51(50-52(58)42(56)29-43(57)53(50)59)55-37(8)49(47-34(5)27-31(2)28-35(47)6)45(61(55)62(65-11)66-12)24-18-39-15-21-41(64-10)22-16-39/h13-29H,1-12H3/b23-17+,24-18+,54-51-. The minimum absolute atomic E-state index is 0.0742. The molecule has 66 heavy (non-hydrogen) atoms. The minimum Gasteiger partial charge on any atom is -0.497 e. The van der Waals surface area contributed by atoms with E-state index in [-0.39, 0.29) is 23.0 Å². The fourth-order valence-electron chi connectivity index (χ4n) is 9.19. The second-order valence-corrected chi connectivity index (χ2v) is 16.5. The second-order valence-electron chi connectivity index (χ2n) is 16.5.